The molecule has 1 rings (SSSR count). The van der Waals surface area contributed by atoms with Gasteiger partial charge in [0.25, 0.3) is 5.91 Å². The molecule has 0 spiro atoms. The molecule has 4 N–H and O–H groups in total. The van der Waals surface area contributed by atoms with Crippen LogP contribution in [0.15, 0.2) is 30.3 Å². The Morgan fingerprint density at radius 1 is 1.18 bits per heavy atom. The van der Waals surface area contributed by atoms with Crippen molar-refractivity contribution in [2.75, 3.05) is 25.4 Å². The standard InChI is InChI=1S/C20H26N2O5S/c1-3-10-20(2,14-23)17(25)18(26)22-11-9-16(24)21-12-13-28-19(27)15-7-5-4-6-8-15/h4-8,17,23,25H,9,11-14H2,1-2H3,(H,21,24)(H,22,26). The van der Waals surface area contributed by atoms with Gasteiger partial charge in [-0.3, -0.25) is 14.4 Å². The summed E-state index contributed by atoms with van der Waals surface area (Å²) in [6, 6.07) is 8.89. The lowest BCUT2D eigenvalue weighted by Gasteiger charge is -2.26. The molecule has 0 bridgehead atoms. The molecule has 0 radical (unpaired) electrons. The molecule has 2 atom stereocenters. The van der Waals surface area contributed by atoms with Gasteiger partial charge in [-0.15, -0.1) is 5.92 Å². The number of nitrogens with one attached hydrogen (secondary N) is 2. The second-order valence-electron chi connectivity index (χ2n) is 6.25. The van der Waals surface area contributed by atoms with Crippen molar-refractivity contribution in [1.29, 1.82) is 0 Å². The van der Waals surface area contributed by atoms with Crippen LogP contribution in [0.3, 0.4) is 0 Å². The molecule has 0 heterocycles. The molecule has 28 heavy (non-hydrogen) atoms. The lowest BCUT2D eigenvalue weighted by Crippen LogP contribution is -2.47. The van der Waals surface area contributed by atoms with Crippen molar-refractivity contribution >= 4 is 28.7 Å². The van der Waals surface area contributed by atoms with Crippen LogP contribution in [-0.4, -0.2) is 58.7 Å². The van der Waals surface area contributed by atoms with Crippen LogP contribution in [0.2, 0.25) is 0 Å². The fraction of sp³-hybridized carbons (Fsp3) is 0.450. The average Bonchev–Trinajstić information content (AvgIpc) is 2.71. The Hall–Kier alpha value is -2.34. The van der Waals surface area contributed by atoms with Crippen LogP contribution in [0.5, 0.6) is 0 Å². The molecule has 0 aliphatic heterocycles. The SMILES string of the molecule is CC#CC(C)(CO)C(O)C(=O)NCCC(=O)NCCSC(=O)c1ccccc1. The number of hydrogen-bond acceptors (Lipinski definition) is 6. The monoisotopic (exact) mass is 406 g/mol. The van der Waals surface area contributed by atoms with E-state index in [0.29, 0.717) is 17.9 Å². The van der Waals surface area contributed by atoms with E-state index >= 15 is 0 Å². The lowest BCUT2D eigenvalue weighted by molar-refractivity contribution is -0.135. The van der Waals surface area contributed by atoms with Gasteiger partial charge in [-0.25, -0.2) is 0 Å². The van der Waals surface area contributed by atoms with Crippen molar-refractivity contribution in [3.8, 4) is 11.8 Å². The Balaban J connectivity index is 2.25. The molecule has 0 aliphatic carbocycles. The summed E-state index contributed by atoms with van der Waals surface area (Å²) < 4.78 is 0. The third kappa shape index (κ3) is 7.72. The van der Waals surface area contributed by atoms with E-state index in [1.54, 1.807) is 31.2 Å². The maximum atomic E-state index is 12.0. The van der Waals surface area contributed by atoms with Gasteiger partial charge >= 0.3 is 0 Å². The number of carbonyl (C=O) groups excluding carboxylic acids is 3. The van der Waals surface area contributed by atoms with E-state index in [4.69, 9.17) is 0 Å². The van der Waals surface area contributed by atoms with E-state index < -0.39 is 24.0 Å². The van der Waals surface area contributed by atoms with E-state index in [9.17, 15) is 24.6 Å². The fourth-order valence-electron chi connectivity index (χ4n) is 2.25. The number of aliphatic hydroxyl groups is 2. The highest BCUT2D eigenvalue weighted by Crippen LogP contribution is 2.20. The zero-order valence-electron chi connectivity index (χ0n) is 16.0. The molecule has 0 fully saturated rings. The zero-order valence-corrected chi connectivity index (χ0v) is 16.8. The van der Waals surface area contributed by atoms with Gasteiger partial charge in [0.15, 0.2) is 6.10 Å². The average molecular weight is 407 g/mol. The molecule has 0 aromatic heterocycles. The summed E-state index contributed by atoms with van der Waals surface area (Å²) in [6.07, 6.45) is -1.47. The van der Waals surface area contributed by atoms with E-state index in [0.717, 1.165) is 11.8 Å². The summed E-state index contributed by atoms with van der Waals surface area (Å²) in [4.78, 5) is 35.6. The van der Waals surface area contributed by atoms with Gasteiger partial charge in [0, 0.05) is 30.8 Å². The molecule has 7 nitrogen and oxygen atoms in total. The smallest absolute Gasteiger partial charge is 0.250 e. The van der Waals surface area contributed by atoms with E-state index in [1.165, 1.54) is 6.92 Å². The predicted molar refractivity (Wildman–Crippen MR) is 109 cm³/mol. The molecule has 2 unspecified atom stereocenters. The molecule has 152 valence electrons. The minimum atomic E-state index is -1.51. The number of thioether (sulfide) groups is 1. The second kappa shape index (κ2) is 12.2. The van der Waals surface area contributed by atoms with Crippen molar-refractivity contribution in [2.24, 2.45) is 5.41 Å². The molecular formula is C20H26N2O5S. The van der Waals surface area contributed by atoms with Crippen LogP contribution in [-0.2, 0) is 9.59 Å². The molecule has 0 saturated heterocycles. The summed E-state index contributed by atoms with van der Waals surface area (Å²) in [5.41, 5.74) is -0.647. The highest BCUT2D eigenvalue weighted by Gasteiger charge is 2.35. The number of carbonyl (C=O) groups is 3. The van der Waals surface area contributed by atoms with Crippen LogP contribution < -0.4 is 10.6 Å². The highest BCUT2D eigenvalue weighted by atomic mass is 32.2. The Labute approximate surface area is 169 Å². The van der Waals surface area contributed by atoms with E-state index in [2.05, 4.69) is 22.5 Å². The van der Waals surface area contributed by atoms with Gasteiger partial charge in [-0.05, 0) is 13.8 Å². The fourth-order valence-corrected chi connectivity index (χ4v) is 2.94. The minimum absolute atomic E-state index is 0.0328. The second-order valence-corrected chi connectivity index (χ2v) is 7.31. The van der Waals surface area contributed by atoms with Crippen molar-refractivity contribution in [2.45, 2.75) is 26.4 Å². The first-order valence-electron chi connectivity index (χ1n) is 8.83. The number of rotatable bonds is 10. The Kier molecular flexibility index (Phi) is 10.3. The first-order valence-corrected chi connectivity index (χ1v) is 9.82. The largest absolute Gasteiger partial charge is 0.395 e. The van der Waals surface area contributed by atoms with Crippen molar-refractivity contribution < 1.29 is 24.6 Å². The topological polar surface area (TPSA) is 116 Å². The Morgan fingerprint density at radius 2 is 1.86 bits per heavy atom. The van der Waals surface area contributed by atoms with Crippen molar-refractivity contribution in [1.82, 2.24) is 10.6 Å². The van der Waals surface area contributed by atoms with Gasteiger partial charge in [-0.1, -0.05) is 48.0 Å². The van der Waals surface area contributed by atoms with E-state index in [-0.39, 0.29) is 24.0 Å². The number of amides is 2. The predicted octanol–water partition coefficient (Wildman–Crippen LogP) is 0.565. The van der Waals surface area contributed by atoms with Gasteiger partial charge in [0.05, 0.1) is 12.0 Å². The van der Waals surface area contributed by atoms with Gasteiger partial charge in [-0.2, -0.15) is 0 Å². The molecule has 2 amide bonds. The van der Waals surface area contributed by atoms with Crippen LogP contribution in [0.4, 0.5) is 0 Å². The lowest BCUT2D eigenvalue weighted by atomic mass is 9.85. The molecule has 1 aromatic carbocycles. The normalized spacial score (nSPS) is 13.4. The quantitative estimate of drug-likeness (QED) is 0.333. The minimum Gasteiger partial charge on any atom is -0.395 e. The highest BCUT2D eigenvalue weighted by molar-refractivity contribution is 8.14. The van der Waals surface area contributed by atoms with Gasteiger partial charge < -0.3 is 20.8 Å². The summed E-state index contributed by atoms with van der Waals surface area (Å²) in [5.74, 6) is 4.66. The maximum Gasteiger partial charge on any atom is 0.250 e. The molecule has 1 aromatic rings. The Bertz CT molecular complexity index is 729. The summed E-state index contributed by atoms with van der Waals surface area (Å²) in [7, 11) is 0. The Morgan fingerprint density at radius 3 is 2.46 bits per heavy atom. The van der Waals surface area contributed by atoms with Crippen molar-refractivity contribution in [3.05, 3.63) is 35.9 Å². The zero-order chi connectivity index (χ0) is 21.0. The maximum absolute atomic E-state index is 12.0. The molecule has 0 saturated carbocycles. The van der Waals surface area contributed by atoms with Gasteiger partial charge in [0.1, 0.15) is 0 Å². The van der Waals surface area contributed by atoms with Crippen LogP contribution in [0.1, 0.15) is 30.6 Å². The first-order chi connectivity index (χ1) is 13.3. The molecular weight excluding hydrogens is 380 g/mol. The summed E-state index contributed by atoms with van der Waals surface area (Å²) >= 11 is 1.12. The molecule has 8 heteroatoms. The number of aliphatic hydroxyl groups excluding tert-OH is 2. The van der Waals surface area contributed by atoms with E-state index in [1.807, 2.05) is 6.07 Å². The summed E-state index contributed by atoms with van der Waals surface area (Å²) in [6.45, 7) is 2.93. The third-order valence-corrected chi connectivity index (χ3v) is 4.82. The van der Waals surface area contributed by atoms with Crippen LogP contribution in [0.25, 0.3) is 0 Å². The van der Waals surface area contributed by atoms with Crippen molar-refractivity contribution in [3.63, 3.8) is 0 Å². The van der Waals surface area contributed by atoms with Crippen LogP contribution >= 0.6 is 11.8 Å². The number of benzene rings is 1. The summed E-state index contributed by atoms with van der Waals surface area (Å²) in [5, 5.41) is 24.5. The first kappa shape index (κ1) is 23.7. The molecule has 0 aliphatic rings. The van der Waals surface area contributed by atoms with Gasteiger partial charge in [0.2, 0.25) is 11.0 Å². The van der Waals surface area contributed by atoms with Crippen LogP contribution in [0, 0.1) is 17.3 Å². The number of hydrogen-bond donors (Lipinski definition) is 4. The third-order valence-electron chi connectivity index (χ3n) is 3.91.